The van der Waals surface area contributed by atoms with Gasteiger partial charge in [-0.05, 0) is 22.0 Å². The van der Waals surface area contributed by atoms with E-state index in [-0.39, 0.29) is 5.69 Å². The van der Waals surface area contributed by atoms with Gasteiger partial charge in [0, 0.05) is 13.2 Å². The molecule has 1 aromatic carbocycles. The molecule has 1 rings (SSSR count). The number of halogens is 2. The molecule has 1 aromatic rings. The number of hydrogen-bond acceptors (Lipinski definition) is 4. The van der Waals surface area contributed by atoms with Crippen LogP contribution in [0.3, 0.4) is 0 Å². The molecule has 4 nitrogen and oxygen atoms in total. The van der Waals surface area contributed by atoms with Crippen molar-refractivity contribution < 1.29 is 18.6 Å². The molecule has 0 heterocycles. The van der Waals surface area contributed by atoms with Gasteiger partial charge in [-0.2, -0.15) is 0 Å². The first-order chi connectivity index (χ1) is 8.15. The Balaban J connectivity index is 2.36. The van der Waals surface area contributed by atoms with E-state index in [1.807, 2.05) is 0 Å². The summed E-state index contributed by atoms with van der Waals surface area (Å²) in [6.45, 7) is 1.83. The Kier molecular flexibility index (Phi) is 6.25. The predicted octanol–water partition coefficient (Wildman–Crippen LogP) is 2.21. The van der Waals surface area contributed by atoms with E-state index < -0.39 is 5.82 Å². The van der Waals surface area contributed by atoms with Crippen LogP contribution in [0.5, 0.6) is 5.75 Å². The molecule has 0 aliphatic carbocycles. The molecule has 2 N–H and O–H groups in total. The highest BCUT2D eigenvalue weighted by molar-refractivity contribution is 9.10. The highest BCUT2D eigenvalue weighted by atomic mass is 79.9. The number of anilines is 1. The van der Waals surface area contributed by atoms with Crippen molar-refractivity contribution in [3.05, 3.63) is 22.4 Å². The molecule has 96 valence electrons. The third-order valence-corrected chi connectivity index (χ3v) is 2.53. The highest BCUT2D eigenvalue weighted by Gasteiger charge is 2.08. The van der Waals surface area contributed by atoms with E-state index in [1.165, 1.54) is 12.1 Å². The average molecular weight is 308 g/mol. The van der Waals surface area contributed by atoms with Crippen molar-refractivity contribution in [1.82, 2.24) is 0 Å². The van der Waals surface area contributed by atoms with Crippen LogP contribution in [-0.2, 0) is 9.47 Å². The summed E-state index contributed by atoms with van der Waals surface area (Å²) in [5.74, 6) is 0.0276. The lowest BCUT2D eigenvalue weighted by Gasteiger charge is -2.11. The van der Waals surface area contributed by atoms with E-state index in [4.69, 9.17) is 19.9 Å². The van der Waals surface area contributed by atoms with Gasteiger partial charge in [-0.3, -0.25) is 0 Å². The molecule has 0 saturated heterocycles. The zero-order valence-electron chi connectivity index (χ0n) is 9.54. The fraction of sp³-hybridized carbons (Fsp3) is 0.455. The number of ether oxygens (including phenoxy) is 3. The maximum absolute atomic E-state index is 12.9. The lowest BCUT2D eigenvalue weighted by Crippen LogP contribution is -2.11. The van der Waals surface area contributed by atoms with Gasteiger partial charge in [0.25, 0.3) is 0 Å². The lowest BCUT2D eigenvalue weighted by atomic mass is 10.3. The zero-order chi connectivity index (χ0) is 12.7. The molecular weight excluding hydrogens is 293 g/mol. The summed E-state index contributed by atoms with van der Waals surface area (Å²) < 4.78 is 28.9. The fourth-order valence-electron chi connectivity index (χ4n) is 1.18. The minimum Gasteiger partial charge on any atom is -0.488 e. The quantitative estimate of drug-likeness (QED) is 0.620. The Morgan fingerprint density at radius 3 is 2.59 bits per heavy atom. The third kappa shape index (κ3) is 4.89. The van der Waals surface area contributed by atoms with Crippen LogP contribution in [0, 0.1) is 5.82 Å². The molecule has 0 spiro atoms. The molecule has 0 aromatic heterocycles. The summed E-state index contributed by atoms with van der Waals surface area (Å²) in [7, 11) is 1.61. The van der Waals surface area contributed by atoms with Gasteiger partial charge in [0.15, 0.2) is 5.75 Å². The molecule has 0 amide bonds. The standard InChI is InChI=1S/C11H15BrFNO3/c1-15-2-3-16-4-5-17-11-9(12)6-8(13)7-10(11)14/h6-7H,2-5,14H2,1H3. The van der Waals surface area contributed by atoms with E-state index in [9.17, 15) is 4.39 Å². The second kappa shape index (κ2) is 7.47. The molecule has 0 aliphatic rings. The van der Waals surface area contributed by atoms with E-state index in [1.54, 1.807) is 7.11 Å². The van der Waals surface area contributed by atoms with Crippen LogP contribution in [0.25, 0.3) is 0 Å². The van der Waals surface area contributed by atoms with Gasteiger partial charge < -0.3 is 19.9 Å². The van der Waals surface area contributed by atoms with E-state index >= 15 is 0 Å². The van der Waals surface area contributed by atoms with Crippen molar-refractivity contribution >= 4 is 21.6 Å². The number of nitrogen functional groups attached to an aromatic ring is 1. The Hall–Kier alpha value is -0.850. The summed E-state index contributed by atoms with van der Waals surface area (Å²) in [6, 6.07) is 2.52. The van der Waals surface area contributed by atoms with Crippen LogP contribution < -0.4 is 10.5 Å². The van der Waals surface area contributed by atoms with Gasteiger partial charge in [0.2, 0.25) is 0 Å². The summed E-state index contributed by atoms with van der Waals surface area (Å²) in [5, 5.41) is 0. The van der Waals surface area contributed by atoms with Crippen molar-refractivity contribution in [3.8, 4) is 5.75 Å². The summed E-state index contributed by atoms with van der Waals surface area (Å²) >= 11 is 3.19. The zero-order valence-corrected chi connectivity index (χ0v) is 11.1. The molecule has 17 heavy (non-hydrogen) atoms. The van der Waals surface area contributed by atoms with Gasteiger partial charge in [0.05, 0.1) is 30.0 Å². The van der Waals surface area contributed by atoms with E-state index in [0.29, 0.717) is 36.6 Å². The Morgan fingerprint density at radius 1 is 1.24 bits per heavy atom. The first kappa shape index (κ1) is 14.2. The first-order valence-corrected chi connectivity index (χ1v) is 5.88. The molecule has 6 heteroatoms. The first-order valence-electron chi connectivity index (χ1n) is 5.09. The molecule has 0 aliphatic heterocycles. The number of benzene rings is 1. The smallest absolute Gasteiger partial charge is 0.156 e. The van der Waals surface area contributed by atoms with Crippen molar-refractivity contribution in [2.75, 3.05) is 39.3 Å². The van der Waals surface area contributed by atoms with Gasteiger partial charge in [0.1, 0.15) is 12.4 Å². The number of hydrogen-bond donors (Lipinski definition) is 1. The molecule has 0 atom stereocenters. The number of nitrogens with two attached hydrogens (primary N) is 1. The number of rotatable bonds is 7. The second-order valence-electron chi connectivity index (χ2n) is 3.26. The molecule has 0 radical (unpaired) electrons. The van der Waals surface area contributed by atoms with Crippen LogP contribution in [0.1, 0.15) is 0 Å². The van der Waals surface area contributed by atoms with Crippen molar-refractivity contribution in [1.29, 1.82) is 0 Å². The fourth-order valence-corrected chi connectivity index (χ4v) is 1.74. The van der Waals surface area contributed by atoms with Crippen molar-refractivity contribution in [2.45, 2.75) is 0 Å². The molecule has 0 saturated carbocycles. The highest BCUT2D eigenvalue weighted by Crippen LogP contribution is 2.32. The van der Waals surface area contributed by atoms with Crippen LogP contribution in [0.15, 0.2) is 16.6 Å². The maximum atomic E-state index is 12.9. The van der Waals surface area contributed by atoms with Crippen LogP contribution in [0.2, 0.25) is 0 Å². The SMILES string of the molecule is COCCOCCOc1c(N)cc(F)cc1Br. The van der Waals surface area contributed by atoms with Crippen molar-refractivity contribution in [3.63, 3.8) is 0 Å². The van der Waals surface area contributed by atoms with E-state index in [2.05, 4.69) is 15.9 Å². The Bertz CT molecular complexity index is 340. The minimum absolute atomic E-state index is 0.258. The normalized spacial score (nSPS) is 10.5. The number of methoxy groups -OCH3 is 1. The van der Waals surface area contributed by atoms with Crippen LogP contribution in [-0.4, -0.2) is 33.5 Å². The van der Waals surface area contributed by atoms with Crippen LogP contribution >= 0.6 is 15.9 Å². The van der Waals surface area contributed by atoms with Gasteiger partial charge in [-0.1, -0.05) is 0 Å². The topological polar surface area (TPSA) is 53.7 Å². The van der Waals surface area contributed by atoms with Gasteiger partial charge in [-0.15, -0.1) is 0 Å². The summed E-state index contributed by atoms with van der Waals surface area (Å²) in [4.78, 5) is 0. The second-order valence-corrected chi connectivity index (χ2v) is 4.11. The van der Waals surface area contributed by atoms with Gasteiger partial charge >= 0.3 is 0 Å². The largest absolute Gasteiger partial charge is 0.488 e. The minimum atomic E-state index is -0.405. The maximum Gasteiger partial charge on any atom is 0.156 e. The molecule has 0 bridgehead atoms. The molecule has 0 unspecified atom stereocenters. The summed E-state index contributed by atoms with van der Waals surface area (Å²) in [6.07, 6.45) is 0. The Labute approximate surface area is 108 Å². The Morgan fingerprint density at radius 2 is 1.94 bits per heavy atom. The van der Waals surface area contributed by atoms with Gasteiger partial charge in [-0.25, -0.2) is 4.39 Å². The third-order valence-electron chi connectivity index (χ3n) is 1.94. The van der Waals surface area contributed by atoms with Crippen molar-refractivity contribution in [2.24, 2.45) is 0 Å². The monoisotopic (exact) mass is 307 g/mol. The molecule has 0 fully saturated rings. The van der Waals surface area contributed by atoms with Crippen LogP contribution in [0.4, 0.5) is 10.1 Å². The average Bonchev–Trinajstić information content (AvgIpc) is 2.26. The summed E-state index contributed by atoms with van der Waals surface area (Å²) in [5.41, 5.74) is 5.89. The lowest BCUT2D eigenvalue weighted by molar-refractivity contribution is 0.0544. The van der Waals surface area contributed by atoms with E-state index in [0.717, 1.165) is 0 Å². The predicted molar refractivity (Wildman–Crippen MR) is 66.7 cm³/mol. The molecular formula is C11H15BrFNO3.